The van der Waals surface area contributed by atoms with E-state index in [4.69, 9.17) is 17.3 Å². The number of amides is 1. The Balaban J connectivity index is 2.07. The molecule has 20 heavy (non-hydrogen) atoms. The van der Waals surface area contributed by atoms with Gasteiger partial charge in [-0.1, -0.05) is 44.0 Å². The van der Waals surface area contributed by atoms with Gasteiger partial charge in [-0.3, -0.25) is 4.79 Å². The molecule has 0 radical (unpaired) electrons. The van der Waals surface area contributed by atoms with Gasteiger partial charge in [0.1, 0.15) is 0 Å². The summed E-state index contributed by atoms with van der Waals surface area (Å²) in [7, 11) is 0. The minimum Gasteiger partial charge on any atom is -0.334 e. The molecule has 0 heterocycles. The number of carbonyl (C=O) groups excluding carboxylic acids is 1. The second-order valence-corrected chi connectivity index (χ2v) is 6.17. The van der Waals surface area contributed by atoms with Gasteiger partial charge in [-0.2, -0.15) is 0 Å². The minimum absolute atomic E-state index is 0.0804. The van der Waals surface area contributed by atoms with Crippen LogP contribution >= 0.6 is 11.6 Å². The molecule has 1 amide bonds. The van der Waals surface area contributed by atoms with Crippen molar-refractivity contribution in [3.63, 3.8) is 0 Å². The number of nitrogens with zero attached hydrogens (tertiary/aromatic N) is 1. The lowest BCUT2D eigenvalue weighted by Crippen LogP contribution is -2.47. The van der Waals surface area contributed by atoms with Crippen molar-refractivity contribution < 1.29 is 4.79 Å². The molecule has 0 saturated heterocycles. The van der Waals surface area contributed by atoms with E-state index in [2.05, 4.69) is 6.92 Å². The molecule has 1 fully saturated rings. The predicted molar refractivity (Wildman–Crippen MR) is 82.5 cm³/mol. The Morgan fingerprint density at radius 1 is 1.40 bits per heavy atom. The van der Waals surface area contributed by atoms with Crippen molar-refractivity contribution in [3.8, 4) is 0 Å². The van der Waals surface area contributed by atoms with E-state index in [-0.39, 0.29) is 11.8 Å². The first-order chi connectivity index (χ1) is 9.52. The summed E-state index contributed by atoms with van der Waals surface area (Å²) in [5.74, 6) is 0.297. The Hall–Kier alpha value is -1.06. The van der Waals surface area contributed by atoms with Crippen LogP contribution in [0.2, 0.25) is 5.02 Å². The highest BCUT2D eigenvalue weighted by molar-refractivity contribution is 6.30. The lowest BCUT2D eigenvalue weighted by atomic mass is 9.98. The first kappa shape index (κ1) is 15.3. The summed E-state index contributed by atoms with van der Waals surface area (Å²) in [6.45, 7) is 4.74. The fourth-order valence-corrected chi connectivity index (χ4v) is 2.37. The fourth-order valence-electron chi connectivity index (χ4n) is 2.25. The Bertz CT molecular complexity index is 456. The van der Waals surface area contributed by atoms with Crippen molar-refractivity contribution in [1.82, 2.24) is 4.90 Å². The molecule has 3 nitrogen and oxygen atoms in total. The minimum atomic E-state index is -0.395. The SMILES string of the molecule is CCC(C)[C@H](N)C(=O)N(Cc1ccc(Cl)cc1)C1CC1. The number of hydrogen-bond acceptors (Lipinski definition) is 2. The van der Waals surface area contributed by atoms with E-state index in [1.165, 1.54) is 0 Å². The zero-order valence-corrected chi connectivity index (χ0v) is 12.9. The average Bonchev–Trinajstić information content (AvgIpc) is 3.28. The predicted octanol–water partition coefficient (Wildman–Crippen LogP) is 3.20. The lowest BCUT2D eigenvalue weighted by Gasteiger charge is -2.28. The number of benzene rings is 1. The van der Waals surface area contributed by atoms with E-state index in [9.17, 15) is 4.79 Å². The molecule has 1 aromatic rings. The van der Waals surface area contributed by atoms with E-state index >= 15 is 0 Å². The van der Waals surface area contributed by atoms with Crippen LogP contribution in [-0.4, -0.2) is 22.9 Å². The number of rotatable bonds is 6. The van der Waals surface area contributed by atoms with Crippen molar-refractivity contribution in [2.45, 2.75) is 51.7 Å². The maximum Gasteiger partial charge on any atom is 0.240 e. The summed E-state index contributed by atoms with van der Waals surface area (Å²) >= 11 is 5.90. The Labute approximate surface area is 126 Å². The van der Waals surface area contributed by atoms with Gasteiger partial charge in [0.05, 0.1) is 6.04 Å². The van der Waals surface area contributed by atoms with Crippen LogP contribution in [0.15, 0.2) is 24.3 Å². The Morgan fingerprint density at radius 2 is 2.00 bits per heavy atom. The van der Waals surface area contributed by atoms with E-state index in [0.717, 1.165) is 24.8 Å². The van der Waals surface area contributed by atoms with Crippen LogP contribution < -0.4 is 5.73 Å². The second-order valence-electron chi connectivity index (χ2n) is 5.74. The molecule has 0 spiro atoms. The lowest BCUT2D eigenvalue weighted by molar-refractivity contribution is -0.135. The van der Waals surface area contributed by atoms with Gasteiger partial charge >= 0.3 is 0 Å². The van der Waals surface area contributed by atoms with E-state index in [1.807, 2.05) is 36.1 Å². The van der Waals surface area contributed by atoms with Gasteiger partial charge in [0.15, 0.2) is 0 Å². The standard InChI is InChI=1S/C16H23ClN2O/c1-3-11(2)15(18)16(20)19(14-8-9-14)10-12-4-6-13(17)7-5-12/h4-7,11,14-15H,3,8-10,18H2,1-2H3/t11?,15-/m0/s1. The van der Waals surface area contributed by atoms with E-state index in [0.29, 0.717) is 17.6 Å². The molecular formula is C16H23ClN2O. The molecule has 1 aliphatic rings. The zero-order chi connectivity index (χ0) is 14.7. The van der Waals surface area contributed by atoms with E-state index < -0.39 is 6.04 Å². The molecule has 2 N–H and O–H groups in total. The van der Waals surface area contributed by atoms with Gasteiger partial charge in [0, 0.05) is 17.6 Å². The summed E-state index contributed by atoms with van der Waals surface area (Å²) in [6, 6.07) is 7.64. The van der Waals surface area contributed by atoms with E-state index in [1.54, 1.807) is 0 Å². The molecule has 2 rings (SSSR count). The Kier molecular flexibility index (Phi) is 5.06. The molecule has 0 aromatic heterocycles. The molecule has 0 aliphatic heterocycles. The van der Waals surface area contributed by atoms with Crippen LogP contribution in [0.25, 0.3) is 0 Å². The third-order valence-electron chi connectivity index (χ3n) is 4.08. The summed E-state index contributed by atoms with van der Waals surface area (Å²) in [6.07, 6.45) is 3.10. The summed E-state index contributed by atoms with van der Waals surface area (Å²) in [5.41, 5.74) is 7.21. The van der Waals surface area contributed by atoms with Crippen LogP contribution in [0.1, 0.15) is 38.7 Å². The summed E-state index contributed by atoms with van der Waals surface area (Å²) in [4.78, 5) is 14.5. The number of nitrogens with two attached hydrogens (primary N) is 1. The summed E-state index contributed by atoms with van der Waals surface area (Å²) in [5, 5.41) is 0.717. The average molecular weight is 295 g/mol. The first-order valence-electron chi connectivity index (χ1n) is 7.33. The topological polar surface area (TPSA) is 46.3 Å². The molecule has 4 heteroatoms. The molecule has 1 aromatic carbocycles. The third-order valence-corrected chi connectivity index (χ3v) is 4.33. The molecule has 1 unspecified atom stereocenters. The Morgan fingerprint density at radius 3 is 2.50 bits per heavy atom. The highest BCUT2D eigenvalue weighted by Gasteiger charge is 2.35. The fraction of sp³-hybridized carbons (Fsp3) is 0.562. The third kappa shape index (κ3) is 3.74. The molecule has 2 atom stereocenters. The monoisotopic (exact) mass is 294 g/mol. The maximum atomic E-state index is 12.6. The molecule has 1 saturated carbocycles. The van der Waals surface area contributed by atoms with Crippen LogP contribution in [0.4, 0.5) is 0 Å². The van der Waals surface area contributed by atoms with Gasteiger partial charge in [-0.25, -0.2) is 0 Å². The largest absolute Gasteiger partial charge is 0.334 e. The van der Waals surface area contributed by atoms with Crippen LogP contribution in [-0.2, 0) is 11.3 Å². The van der Waals surface area contributed by atoms with Crippen molar-refractivity contribution in [2.24, 2.45) is 11.7 Å². The second kappa shape index (κ2) is 6.59. The van der Waals surface area contributed by atoms with Crippen LogP contribution in [0.3, 0.4) is 0 Å². The van der Waals surface area contributed by atoms with Crippen LogP contribution in [0.5, 0.6) is 0 Å². The van der Waals surface area contributed by atoms with Crippen molar-refractivity contribution >= 4 is 17.5 Å². The molecular weight excluding hydrogens is 272 g/mol. The van der Waals surface area contributed by atoms with Gasteiger partial charge in [0.2, 0.25) is 5.91 Å². The van der Waals surface area contributed by atoms with Crippen molar-refractivity contribution in [2.75, 3.05) is 0 Å². The normalized spacial score (nSPS) is 17.6. The highest BCUT2D eigenvalue weighted by atomic mass is 35.5. The number of halogens is 1. The van der Waals surface area contributed by atoms with Crippen molar-refractivity contribution in [3.05, 3.63) is 34.9 Å². The van der Waals surface area contributed by atoms with Gasteiger partial charge in [0.25, 0.3) is 0 Å². The highest BCUT2D eigenvalue weighted by Crippen LogP contribution is 2.29. The zero-order valence-electron chi connectivity index (χ0n) is 12.2. The van der Waals surface area contributed by atoms with Gasteiger partial charge in [-0.05, 0) is 36.5 Å². The number of hydrogen-bond donors (Lipinski definition) is 1. The molecule has 110 valence electrons. The molecule has 0 bridgehead atoms. The maximum absolute atomic E-state index is 12.6. The van der Waals surface area contributed by atoms with Crippen molar-refractivity contribution in [1.29, 1.82) is 0 Å². The smallest absolute Gasteiger partial charge is 0.240 e. The van der Waals surface area contributed by atoms with Crippen LogP contribution in [0, 0.1) is 5.92 Å². The quantitative estimate of drug-likeness (QED) is 0.876. The van der Waals surface area contributed by atoms with Gasteiger partial charge in [-0.15, -0.1) is 0 Å². The molecule has 1 aliphatic carbocycles. The summed E-state index contributed by atoms with van der Waals surface area (Å²) < 4.78 is 0. The first-order valence-corrected chi connectivity index (χ1v) is 7.71. The number of carbonyl (C=O) groups is 1. The van der Waals surface area contributed by atoms with Gasteiger partial charge < -0.3 is 10.6 Å².